The van der Waals surface area contributed by atoms with E-state index in [9.17, 15) is 13.2 Å². The molecule has 1 N–H and O–H groups in total. The van der Waals surface area contributed by atoms with Gasteiger partial charge in [0.05, 0.1) is 17.1 Å². The van der Waals surface area contributed by atoms with Crippen molar-refractivity contribution in [3.8, 4) is 0 Å². The number of ether oxygens (including phenoxy) is 1. The predicted molar refractivity (Wildman–Crippen MR) is 82.0 cm³/mol. The Kier molecular flexibility index (Phi) is 6.79. The Bertz CT molecular complexity index is 603. The fourth-order valence-electron chi connectivity index (χ4n) is 1.74. The molecule has 6 nitrogen and oxygen atoms in total. The molecule has 1 rings (SSSR count). The van der Waals surface area contributed by atoms with Crippen LogP contribution in [0, 0.1) is 0 Å². The number of hydrogen-bond acceptors (Lipinski definition) is 4. The SMILES string of the molecule is CCOCCN(CC)S(=O)(=O)c1ccc(C(=O)O)cc1Br. The quantitative estimate of drug-likeness (QED) is 0.699. The Balaban J connectivity index is 3.08. The molecule has 0 aromatic heterocycles. The third kappa shape index (κ3) is 4.50. The standard InChI is InChI=1S/C13H18BrNO5S/c1-3-15(7-8-20-4-2)21(18,19)12-6-5-10(13(16)17)9-11(12)14/h5-6,9H,3-4,7-8H2,1-2H3,(H,16,17). The van der Waals surface area contributed by atoms with Crippen LogP contribution in [0.5, 0.6) is 0 Å². The molecule has 1 aromatic rings. The lowest BCUT2D eigenvalue weighted by molar-refractivity contribution is 0.0696. The molecule has 21 heavy (non-hydrogen) atoms. The molecule has 0 atom stereocenters. The second-order valence-electron chi connectivity index (χ2n) is 4.14. The van der Waals surface area contributed by atoms with Gasteiger partial charge < -0.3 is 9.84 Å². The first-order valence-electron chi connectivity index (χ1n) is 6.45. The smallest absolute Gasteiger partial charge is 0.335 e. The number of benzene rings is 1. The summed E-state index contributed by atoms with van der Waals surface area (Å²) in [7, 11) is -3.69. The normalized spacial score (nSPS) is 11.8. The molecule has 8 heteroatoms. The molecule has 0 radical (unpaired) electrons. The molecule has 0 spiro atoms. The number of sulfonamides is 1. The predicted octanol–water partition coefficient (Wildman–Crippen LogP) is 2.19. The van der Waals surface area contributed by atoms with Gasteiger partial charge in [0, 0.05) is 24.2 Å². The Hall–Kier alpha value is -0.960. The zero-order valence-corrected chi connectivity index (χ0v) is 14.3. The number of halogens is 1. The summed E-state index contributed by atoms with van der Waals surface area (Å²) < 4.78 is 31.8. The number of hydrogen-bond donors (Lipinski definition) is 1. The van der Waals surface area contributed by atoms with E-state index in [4.69, 9.17) is 9.84 Å². The van der Waals surface area contributed by atoms with Crippen molar-refractivity contribution >= 4 is 31.9 Å². The summed E-state index contributed by atoms with van der Waals surface area (Å²) >= 11 is 3.13. The van der Waals surface area contributed by atoms with Crippen LogP contribution in [-0.4, -0.2) is 50.1 Å². The van der Waals surface area contributed by atoms with Crippen LogP contribution in [0.2, 0.25) is 0 Å². The molecule has 0 saturated carbocycles. The molecule has 0 bridgehead atoms. The first-order valence-corrected chi connectivity index (χ1v) is 8.68. The number of carboxylic acid groups (broad SMARTS) is 1. The van der Waals surface area contributed by atoms with Crippen molar-refractivity contribution in [1.29, 1.82) is 0 Å². The Morgan fingerprint density at radius 1 is 1.38 bits per heavy atom. The van der Waals surface area contributed by atoms with Crippen LogP contribution in [0.15, 0.2) is 27.6 Å². The first kappa shape index (κ1) is 18.1. The molecule has 0 aliphatic rings. The topological polar surface area (TPSA) is 83.9 Å². The highest BCUT2D eigenvalue weighted by atomic mass is 79.9. The van der Waals surface area contributed by atoms with Crippen molar-refractivity contribution in [2.24, 2.45) is 0 Å². The van der Waals surface area contributed by atoms with Crippen molar-refractivity contribution < 1.29 is 23.1 Å². The van der Waals surface area contributed by atoms with E-state index in [0.29, 0.717) is 19.8 Å². The van der Waals surface area contributed by atoms with Crippen LogP contribution < -0.4 is 0 Å². The third-order valence-corrected chi connectivity index (χ3v) is 5.79. The van der Waals surface area contributed by atoms with E-state index < -0.39 is 16.0 Å². The molecule has 1 aromatic carbocycles. The van der Waals surface area contributed by atoms with Gasteiger partial charge in [-0.3, -0.25) is 0 Å². The van der Waals surface area contributed by atoms with Crippen molar-refractivity contribution in [3.05, 3.63) is 28.2 Å². The van der Waals surface area contributed by atoms with E-state index in [0.717, 1.165) is 0 Å². The zero-order chi connectivity index (χ0) is 16.0. The van der Waals surface area contributed by atoms with Crippen molar-refractivity contribution in [2.45, 2.75) is 18.7 Å². The Morgan fingerprint density at radius 3 is 2.52 bits per heavy atom. The van der Waals surface area contributed by atoms with Crippen LogP contribution in [0.3, 0.4) is 0 Å². The lowest BCUT2D eigenvalue weighted by Gasteiger charge is -2.21. The Morgan fingerprint density at radius 2 is 2.05 bits per heavy atom. The second kappa shape index (κ2) is 7.88. The molecule has 0 heterocycles. The number of nitrogens with zero attached hydrogens (tertiary/aromatic N) is 1. The van der Waals surface area contributed by atoms with Gasteiger partial charge in [0.15, 0.2) is 0 Å². The molecule has 0 unspecified atom stereocenters. The average molecular weight is 380 g/mol. The largest absolute Gasteiger partial charge is 0.478 e. The summed E-state index contributed by atoms with van der Waals surface area (Å²) in [5.74, 6) is -1.11. The minimum Gasteiger partial charge on any atom is -0.478 e. The highest BCUT2D eigenvalue weighted by Gasteiger charge is 2.25. The molecule has 0 aliphatic carbocycles. The van der Waals surface area contributed by atoms with Crippen molar-refractivity contribution in [1.82, 2.24) is 4.31 Å². The zero-order valence-electron chi connectivity index (χ0n) is 11.9. The number of aromatic carboxylic acids is 1. The molecule has 0 saturated heterocycles. The van der Waals surface area contributed by atoms with Crippen LogP contribution in [-0.2, 0) is 14.8 Å². The van der Waals surface area contributed by atoms with Gasteiger partial charge in [-0.1, -0.05) is 6.92 Å². The molecule has 0 aliphatic heterocycles. The average Bonchev–Trinajstić information content (AvgIpc) is 2.42. The molecule has 0 amide bonds. The number of carbonyl (C=O) groups is 1. The van der Waals surface area contributed by atoms with Gasteiger partial charge >= 0.3 is 5.97 Å². The van der Waals surface area contributed by atoms with Gasteiger partial charge in [-0.25, -0.2) is 13.2 Å². The molecular formula is C13H18BrNO5S. The summed E-state index contributed by atoms with van der Waals surface area (Å²) in [4.78, 5) is 10.9. The minimum absolute atomic E-state index is 0.0261. The third-order valence-electron chi connectivity index (χ3n) is 2.84. The molecular weight excluding hydrogens is 362 g/mol. The maximum absolute atomic E-state index is 12.6. The fourth-order valence-corrected chi connectivity index (χ4v) is 4.21. The highest BCUT2D eigenvalue weighted by Crippen LogP contribution is 2.26. The fraction of sp³-hybridized carbons (Fsp3) is 0.462. The monoisotopic (exact) mass is 379 g/mol. The number of carboxylic acids is 1. The lowest BCUT2D eigenvalue weighted by Crippen LogP contribution is -2.34. The number of rotatable bonds is 8. The van der Waals surface area contributed by atoms with E-state index in [1.807, 2.05) is 6.92 Å². The van der Waals surface area contributed by atoms with Crippen molar-refractivity contribution in [2.75, 3.05) is 26.3 Å². The van der Waals surface area contributed by atoms with E-state index in [2.05, 4.69) is 15.9 Å². The van der Waals surface area contributed by atoms with Crippen molar-refractivity contribution in [3.63, 3.8) is 0 Å². The van der Waals surface area contributed by atoms with Gasteiger partial charge in [-0.2, -0.15) is 4.31 Å². The highest BCUT2D eigenvalue weighted by molar-refractivity contribution is 9.10. The van der Waals surface area contributed by atoms with Gasteiger partial charge in [-0.05, 0) is 41.1 Å². The van der Waals surface area contributed by atoms with Gasteiger partial charge in [0.1, 0.15) is 0 Å². The van der Waals surface area contributed by atoms with E-state index >= 15 is 0 Å². The lowest BCUT2D eigenvalue weighted by atomic mass is 10.2. The van der Waals surface area contributed by atoms with Crippen LogP contribution in [0.4, 0.5) is 0 Å². The summed E-state index contributed by atoms with van der Waals surface area (Å²) in [6, 6.07) is 3.86. The molecule has 118 valence electrons. The second-order valence-corrected chi connectivity index (χ2v) is 6.90. The van der Waals surface area contributed by atoms with Gasteiger partial charge in [0.25, 0.3) is 0 Å². The summed E-state index contributed by atoms with van der Waals surface area (Å²) in [6.45, 7) is 4.97. The summed E-state index contributed by atoms with van der Waals surface area (Å²) in [5, 5.41) is 8.90. The Labute approximate surface area is 132 Å². The summed E-state index contributed by atoms with van der Waals surface area (Å²) in [5.41, 5.74) is 0.0261. The van der Waals surface area contributed by atoms with Crippen LogP contribution in [0.25, 0.3) is 0 Å². The first-order chi connectivity index (χ1) is 9.84. The van der Waals surface area contributed by atoms with Gasteiger partial charge in [-0.15, -0.1) is 0 Å². The van der Waals surface area contributed by atoms with E-state index in [-0.39, 0.29) is 21.5 Å². The minimum atomic E-state index is -3.69. The number of likely N-dealkylation sites (N-methyl/N-ethyl adjacent to an activating group) is 1. The van der Waals surface area contributed by atoms with Crippen LogP contribution >= 0.6 is 15.9 Å². The van der Waals surface area contributed by atoms with E-state index in [1.54, 1.807) is 6.92 Å². The van der Waals surface area contributed by atoms with E-state index in [1.165, 1.54) is 22.5 Å². The maximum Gasteiger partial charge on any atom is 0.335 e. The maximum atomic E-state index is 12.6. The van der Waals surface area contributed by atoms with Gasteiger partial charge in [0.2, 0.25) is 10.0 Å². The summed E-state index contributed by atoms with van der Waals surface area (Å²) in [6.07, 6.45) is 0. The molecule has 0 fully saturated rings. The van der Waals surface area contributed by atoms with Crippen LogP contribution in [0.1, 0.15) is 24.2 Å².